The van der Waals surface area contributed by atoms with Crippen LogP contribution in [0.3, 0.4) is 0 Å². The number of hydrogen-bond donors (Lipinski definition) is 2. The monoisotopic (exact) mass is 342 g/mol. The zero-order valence-electron chi connectivity index (χ0n) is 12.9. The molecular weight excluding hydrogens is 328 g/mol. The molecule has 0 saturated carbocycles. The third-order valence-corrected chi connectivity index (χ3v) is 3.77. The Morgan fingerprint density at radius 3 is 2.54 bits per heavy atom. The lowest BCUT2D eigenvalue weighted by Gasteiger charge is -2.13. The number of halogens is 1. The first kappa shape index (κ1) is 16.1. The van der Waals surface area contributed by atoms with Crippen LogP contribution >= 0.6 is 11.6 Å². The Balaban J connectivity index is 1.64. The van der Waals surface area contributed by atoms with E-state index in [-0.39, 0.29) is 0 Å². The van der Waals surface area contributed by atoms with Crippen molar-refractivity contribution in [1.82, 2.24) is 4.98 Å². The minimum atomic E-state index is -0.931. The largest absolute Gasteiger partial charge is 0.448 e. The Bertz CT molecular complexity index is 854. The number of H-pyrrole nitrogens is 1. The molecule has 24 heavy (non-hydrogen) atoms. The fourth-order valence-electron chi connectivity index (χ4n) is 2.24. The van der Waals surface area contributed by atoms with Gasteiger partial charge in [0.1, 0.15) is 5.69 Å². The quantitative estimate of drug-likeness (QED) is 0.704. The summed E-state index contributed by atoms with van der Waals surface area (Å²) >= 11 is 5.80. The summed E-state index contributed by atoms with van der Waals surface area (Å²) in [5.74, 6) is -0.994. The first-order valence-electron chi connectivity index (χ1n) is 7.38. The van der Waals surface area contributed by atoms with Gasteiger partial charge in [0.25, 0.3) is 5.91 Å². The molecule has 0 aliphatic carbocycles. The third kappa shape index (κ3) is 3.58. The van der Waals surface area contributed by atoms with Crippen molar-refractivity contribution in [3.05, 3.63) is 65.3 Å². The standard InChI is InChI=1S/C18H15ClN2O3/c1-11(17(22)20-14-8-6-13(19)7-9-14)24-18(23)16-10-12-4-2-3-5-15(12)21-16/h2-11,21H,1H3,(H,20,22)/t11-/m1/s1. The SMILES string of the molecule is C[C@@H](OC(=O)c1cc2ccccc2[nH]1)C(=O)Nc1ccc(Cl)cc1. The van der Waals surface area contributed by atoms with E-state index in [0.29, 0.717) is 16.4 Å². The molecule has 3 rings (SSSR count). The van der Waals surface area contributed by atoms with Gasteiger partial charge < -0.3 is 15.0 Å². The Labute approximate surface area is 143 Å². The van der Waals surface area contributed by atoms with E-state index in [1.165, 1.54) is 6.92 Å². The Morgan fingerprint density at radius 1 is 1.12 bits per heavy atom. The molecule has 0 saturated heterocycles. The molecule has 6 heteroatoms. The van der Waals surface area contributed by atoms with Crippen LogP contribution in [0.1, 0.15) is 17.4 Å². The summed E-state index contributed by atoms with van der Waals surface area (Å²) < 4.78 is 5.22. The van der Waals surface area contributed by atoms with Crippen molar-refractivity contribution in [3.8, 4) is 0 Å². The van der Waals surface area contributed by atoms with E-state index < -0.39 is 18.0 Å². The maximum atomic E-state index is 12.2. The summed E-state index contributed by atoms with van der Waals surface area (Å²) in [4.78, 5) is 27.3. The Hall–Kier alpha value is -2.79. The number of anilines is 1. The predicted molar refractivity (Wildman–Crippen MR) is 93.3 cm³/mol. The Morgan fingerprint density at radius 2 is 1.83 bits per heavy atom. The number of aromatic amines is 1. The van der Waals surface area contributed by atoms with Crippen molar-refractivity contribution in [2.45, 2.75) is 13.0 Å². The van der Waals surface area contributed by atoms with Crippen molar-refractivity contribution in [2.24, 2.45) is 0 Å². The van der Waals surface area contributed by atoms with Crippen LogP contribution < -0.4 is 5.32 Å². The molecule has 0 radical (unpaired) electrons. The van der Waals surface area contributed by atoms with Gasteiger partial charge in [-0.3, -0.25) is 4.79 Å². The van der Waals surface area contributed by atoms with Gasteiger partial charge in [-0.15, -0.1) is 0 Å². The van der Waals surface area contributed by atoms with Crippen molar-refractivity contribution in [3.63, 3.8) is 0 Å². The van der Waals surface area contributed by atoms with Crippen LogP contribution in [0, 0.1) is 0 Å². The number of hydrogen-bond acceptors (Lipinski definition) is 3. The van der Waals surface area contributed by atoms with Crippen LogP contribution in [0.15, 0.2) is 54.6 Å². The Kier molecular flexibility index (Phi) is 4.53. The molecule has 0 aliphatic rings. The second kappa shape index (κ2) is 6.76. The molecule has 122 valence electrons. The lowest BCUT2D eigenvalue weighted by Crippen LogP contribution is -2.30. The highest BCUT2D eigenvalue weighted by Gasteiger charge is 2.20. The third-order valence-electron chi connectivity index (χ3n) is 3.51. The van der Waals surface area contributed by atoms with Crippen LogP contribution in [0.2, 0.25) is 5.02 Å². The number of ether oxygens (including phenoxy) is 1. The highest BCUT2D eigenvalue weighted by Crippen LogP contribution is 2.17. The van der Waals surface area contributed by atoms with Crippen LogP contribution in [0.4, 0.5) is 5.69 Å². The average molecular weight is 343 g/mol. The molecule has 1 heterocycles. The second-order valence-electron chi connectivity index (χ2n) is 5.31. The number of aromatic nitrogens is 1. The van der Waals surface area contributed by atoms with Crippen LogP contribution in [0.5, 0.6) is 0 Å². The normalized spacial score (nSPS) is 11.9. The highest BCUT2D eigenvalue weighted by atomic mass is 35.5. The topological polar surface area (TPSA) is 71.2 Å². The molecule has 1 aromatic heterocycles. The molecule has 2 aromatic carbocycles. The zero-order chi connectivity index (χ0) is 17.1. The molecule has 0 unspecified atom stereocenters. The van der Waals surface area contributed by atoms with Gasteiger partial charge in [0.15, 0.2) is 6.10 Å². The van der Waals surface area contributed by atoms with Gasteiger partial charge in [0.05, 0.1) is 0 Å². The van der Waals surface area contributed by atoms with Gasteiger partial charge >= 0.3 is 5.97 Å². The summed E-state index contributed by atoms with van der Waals surface area (Å²) in [7, 11) is 0. The van der Waals surface area contributed by atoms with Gasteiger partial charge in [-0.05, 0) is 43.3 Å². The molecule has 2 N–H and O–H groups in total. The first-order valence-corrected chi connectivity index (χ1v) is 7.76. The summed E-state index contributed by atoms with van der Waals surface area (Å²) in [6, 6.07) is 15.9. The fourth-order valence-corrected chi connectivity index (χ4v) is 2.36. The van der Waals surface area contributed by atoms with Gasteiger partial charge in [0, 0.05) is 21.6 Å². The van der Waals surface area contributed by atoms with Gasteiger partial charge in [-0.2, -0.15) is 0 Å². The van der Waals surface area contributed by atoms with E-state index in [0.717, 1.165) is 10.9 Å². The maximum absolute atomic E-state index is 12.2. The molecular formula is C18H15ClN2O3. The number of carbonyl (C=O) groups excluding carboxylic acids is 2. The molecule has 1 amide bonds. The van der Waals surface area contributed by atoms with Crippen molar-refractivity contribution in [1.29, 1.82) is 0 Å². The minimum absolute atomic E-state index is 0.308. The van der Waals surface area contributed by atoms with Crippen molar-refractivity contribution < 1.29 is 14.3 Å². The average Bonchev–Trinajstić information content (AvgIpc) is 3.01. The van der Waals surface area contributed by atoms with Gasteiger partial charge in [0.2, 0.25) is 0 Å². The number of rotatable bonds is 4. The second-order valence-corrected chi connectivity index (χ2v) is 5.75. The number of fused-ring (bicyclic) bond motifs is 1. The minimum Gasteiger partial charge on any atom is -0.448 e. The zero-order valence-corrected chi connectivity index (χ0v) is 13.6. The van der Waals surface area contributed by atoms with Crippen molar-refractivity contribution >= 4 is 40.1 Å². The molecule has 5 nitrogen and oxygen atoms in total. The summed E-state index contributed by atoms with van der Waals surface area (Å²) in [6.07, 6.45) is -0.931. The molecule has 0 bridgehead atoms. The van der Waals surface area contributed by atoms with E-state index >= 15 is 0 Å². The van der Waals surface area contributed by atoms with Gasteiger partial charge in [-0.25, -0.2) is 4.79 Å². The van der Waals surface area contributed by atoms with E-state index in [1.807, 2.05) is 24.3 Å². The summed E-state index contributed by atoms with van der Waals surface area (Å²) in [6.45, 7) is 1.52. The van der Waals surface area contributed by atoms with E-state index in [4.69, 9.17) is 16.3 Å². The van der Waals surface area contributed by atoms with Crippen molar-refractivity contribution in [2.75, 3.05) is 5.32 Å². The fraction of sp³-hybridized carbons (Fsp3) is 0.111. The highest BCUT2D eigenvalue weighted by molar-refractivity contribution is 6.30. The molecule has 0 fully saturated rings. The van der Waals surface area contributed by atoms with Crippen LogP contribution in [-0.2, 0) is 9.53 Å². The predicted octanol–water partition coefficient (Wildman–Crippen LogP) is 4.01. The number of carbonyl (C=O) groups is 2. The molecule has 3 aromatic rings. The summed E-state index contributed by atoms with van der Waals surface area (Å²) in [5, 5.41) is 4.15. The van der Waals surface area contributed by atoms with Crippen LogP contribution in [0.25, 0.3) is 10.9 Å². The number of nitrogens with one attached hydrogen (secondary N) is 2. The lowest BCUT2D eigenvalue weighted by molar-refractivity contribution is -0.123. The van der Waals surface area contributed by atoms with Crippen LogP contribution in [-0.4, -0.2) is 23.0 Å². The number of esters is 1. The first-order chi connectivity index (χ1) is 11.5. The van der Waals surface area contributed by atoms with E-state index in [1.54, 1.807) is 30.3 Å². The number of benzene rings is 2. The lowest BCUT2D eigenvalue weighted by atomic mass is 10.2. The smallest absolute Gasteiger partial charge is 0.355 e. The number of amides is 1. The summed E-state index contributed by atoms with van der Waals surface area (Å²) in [5.41, 5.74) is 1.72. The molecule has 0 spiro atoms. The van der Waals surface area contributed by atoms with E-state index in [2.05, 4.69) is 10.3 Å². The van der Waals surface area contributed by atoms with E-state index in [9.17, 15) is 9.59 Å². The number of para-hydroxylation sites is 1. The molecule has 0 aliphatic heterocycles. The van der Waals surface area contributed by atoms with Gasteiger partial charge in [-0.1, -0.05) is 29.8 Å². The molecule has 1 atom stereocenters. The maximum Gasteiger partial charge on any atom is 0.355 e.